The van der Waals surface area contributed by atoms with Gasteiger partial charge in [0.05, 0.1) is 30.3 Å². The van der Waals surface area contributed by atoms with Crippen LogP contribution in [0.2, 0.25) is 0 Å². The Balaban J connectivity index is 2.01. The Morgan fingerprint density at radius 2 is 2.14 bits per heavy atom. The fraction of sp³-hybridized carbons (Fsp3) is 0.417. The largest absolute Gasteiger partial charge is 0.394 e. The number of amidine groups is 1. The maximum absolute atomic E-state index is 9.04. The number of hydrazone groups is 1. The van der Waals surface area contributed by atoms with Gasteiger partial charge in [-0.2, -0.15) is 10.2 Å². The zero-order chi connectivity index (χ0) is 15.0. The van der Waals surface area contributed by atoms with E-state index in [0.29, 0.717) is 11.7 Å². The Labute approximate surface area is 120 Å². The summed E-state index contributed by atoms with van der Waals surface area (Å²) in [7, 11) is 1.75. The van der Waals surface area contributed by atoms with Crippen LogP contribution in [0.1, 0.15) is 5.56 Å². The number of nitrogens with zero attached hydrogens (tertiary/aromatic N) is 5. The smallest absolute Gasteiger partial charge is 0.181 e. The van der Waals surface area contributed by atoms with E-state index in [1.807, 2.05) is 0 Å². The van der Waals surface area contributed by atoms with Gasteiger partial charge in [0, 0.05) is 18.8 Å². The Bertz CT molecular complexity index is 694. The number of aromatic nitrogens is 3. The van der Waals surface area contributed by atoms with Crippen molar-refractivity contribution in [3.05, 3.63) is 18.0 Å². The number of aliphatic hydroxyl groups is 2. The molecule has 0 bridgehead atoms. The molecule has 9 heteroatoms. The number of rotatable bonds is 5. The fourth-order valence-corrected chi connectivity index (χ4v) is 2.27. The number of nitrogens with two attached hydrogens (primary N) is 1. The number of hydrogen-bond donors (Lipinski definition) is 3. The second kappa shape index (κ2) is 5.28. The van der Waals surface area contributed by atoms with Gasteiger partial charge >= 0.3 is 0 Å². The molecule has 4 N–H and O–H groups in total. The first-order valence-electron chi connectivity index (χ1n) is 6.41. The lowest BCUT2D eigenvalue weighted by atomic mass is 10.2. The zero-order valence-corrected chi connectivity index (χ0v) is 11.5. The second-order valence-corrected chi connectivity index (χ2v) is 4.73. The van der Waals surface area contributed by atoms with E-state index in [-0.39, 0.29) is 19.9 Å². The van der Waals surface area contributed by atoms with Crippen molar-refractivity contribution < 1.29 is 14.9 Å². The zero-order valence-electron chi connectivity index (χ0n) is 11.5. The molecule has 0 unspecified atom stereocenters. The molecule has 0 aliphatic carbocycles. The molecule has 1 aliphatic rings. The average Bonchev–Trinajstić information content (AvgIpc) is 2.86. The predicted molar refractivity (Wildman–Crippen MR) is 75.7 cm³/mol. The first-order chi connectivity index (χ1) is 10.2. The lowest BCUT2D eigenvalue weighted by molar-refractivity contribution is -0.0485. The standard InChI is InChI=1S/C12H16N6O3/c1-17-12-10-8(11(13)16-17)3-18(9(10)2-14-15-12)6-21-7(4-19)5-20/h2-3,7,19-20H,4-6H2,1H3,(H2,13,16). The molecule has 3 rings (SSSR count). The van der Waals surface area contributed by atoms with Crippen LogP contribution in [0.3, 0.4) is 0 Å². The maximum atomic E-state index is 9.04. The van der Waals surface area contributed by atoms with Crippen LogP contribution < -0.4 is 10.7 Å². The molecule has 0 spiro atoms. The van der Waals surface area contributed by atoms with Gasteiger partial charge in [-0.25, -0.2) is 5.01 Å². The molecule has 0 aromatic carbocycles. The lowest BCUT2D eigenvalue weighted by Crippen LogP contribution is -2.25. The summed E-state index contributed by atoms with van der Waals surface area (Å²) in [6.45, 7) is -0.343. The van der Waals surface area contributed by atoms with E-state index in [1.165, 1.54) is 0 Å². The van der Waals surface area contributed by atoms with E-state index < -0.39 is 6.10 Å². The van der Waals surface area contributed by atoms with E-state index in [0.717, 1.165) is 16.5 Å². The number of anilines is 1. The Hall–Kier alpha value is -2.23. The van der Waals surface area contributed by atoms with Crippen molar-refractivity contribution in [3.8, 4) is 0 Å². The van der Waals surface area contributed by atoms with Gasteiger partial charge in [0.25, 0.3) is 0 Å². The summed E-state index contributed by atoms with van der Waals surface area (Å²) < 4.78 is 7.23. The van der Waals surface area contributed by atoms with Crippen LogP contribution in [0.4, 0.5) is 5.82 Å². The molecule has 21 heavy (non-hydrogen) atoms. The molecule has 1 aliphatic heterocycles. The monoisotopic (exact) mass is 292 g/mol. The van der Waals surface area contributed by atoms with Crippen molar-refractivity contribution in [2.24, 2.45) is 10.8 Å². The minimum atomic E-state index is -0.626. The van der Waals surface area contributed by atoms with Crippen LogP contribution in [-0.4, -0.2) is 57.2 Å². The van der Waals surface area contributed by atoms with Crippen molar-refractivity contribution >= 4 is 22.6 Å². The summed E-state index contributed by atoms with van der Waals surface area (Å²) in [4.78, 5) is 0. The molecule has 2 aromatic rings. The highest BCUT2D eigenvalue weighted by molar-refractivity contribution is 6.14. The normalized spacial score (nSPS) is 14.1. The molecule has 9 nitrogen and oxygen atoms in total. The van der Waals surface area contributed by atoms with Crippen LogP contribution in [-0.2, 0) is 11.5 Å². The third-order valence-electron chi connectivity index (χ3n) is 3.37. The minimum Gasteiger partial charge on any atom is -0.394 e. The summed E-state index contributed by atoms with van der Waals surface area (Å²) in [6.07, 6.45) is 2.79. The van der Waals surface area contributed by atoms with Crippen LogP contribution in [0, 0.1) is 0 Å². The molecule has 0 amide bonds. The summed E-state index contributed by atoms with van der Waals surface area (Å²) in [5, 5.41) is 32.7. The van der Waals surface area contributed by atoms with Gasteiger partial charge in [-0.1, -0.05) is 0 Å². The van der Waals surface area contributed by atoms with Gasteiger partial charge in [-0.3, -0.25) is 0 Å². The van der Waals surface area contributed by atoms with Crippen molar-refractivity contribution in [2.75, 3.05) is 25.3 Å². The topological polar surface area (TPSA) is 122 Å². The van der Waals surface area contributed by atoms with Crippen LogP contribution in [0.15, 0.2) is 17.5 Å². The quantitative estimate of drug-likeness (QED) is 0.634. The van der Waals surface area contributed by atoms with Gasteiger partial charge in [0.2, 0.25) is 0 Å². The van der Waals surface area contributed by atoms with Crippen molar-refractivity contribution in [3.63, 3.8) is 0 Å². The highest BCUT2D eigenvalue weighted by Gasteiger charge is 2.23. The van der Waals surface area contributed by atoms with Crippen LogP contribution in [0.25, 0.3) is 10.9 Å². The Kier molecular flexibility index (Phi) is 3.45. The summed E-state index contributed by atoms with van der Waals surface area (Å²) in [6, 6.07) is 0. The molecule has 112 valence electrons. The average molecular weight is 292 g/mol. The van der Waals surface area contributed by atoms with Gasteiger partial charge in [0.1, 0.15) is 12.8 Å². The van der Waals surface area contributed by atoms with Gasteiger partial charge in [-0.15, -0.1) is 5.10 Å². The third kappa shape index (κ3) is 2.20. The molecule has 0 radical (unpaired) electrons. The summed E-state index contributed by atoms with van der Waals surface area (Å²) in [5.74, 6) is 1.01. The molecule has 0 saturated carbocycles. The number of aliphatic hydroxyl groups excluding tert-OH is 2. The molecular formula is C12H16N6O3. The molecule has 0 atom stereocenters. The van der Waals surface area contributed by atoms with Gasteiger partial charge in [-0.05, 0) is 0 Å². The van der Waals surface area contributed by atoms with Crippen LogP contribution >= 0.6 is 0 Å². The maximum Gasteiger partial charge on any atom is 0.181 e. The van der Waals surface area contributed by atoms with E-state index in [4.69, 9.17) is 20.7 Å². The van der Waals surface area contributed by atoms with Crippen molar-refractivity contribution in [1.29, 1.82) is 0 Å². The summed E-state index contributed by atoms with van der Waals surface area (Å²) in [5.41, 5.74) is 7.51. The first kappa shape index (κ1) is 13.7. The lowest BCUT2D eigenvalue weighted by Gasteiger charge is -2.18. The van der Waals surface area contributed by atoms with E-state index in [1.54, 1.807) is 29.0 Å². The fourth-order valence-electron chi connectivity index (χ4n) is 2.27. The van der Waals surface area contributed by atoms with Crippen molar-refractivity contribution in [1.82, 2.24) is 14.8 Å². The van der Waals surface area contributed by atoms with E-state index >= 15 is 0 Å². The van der Waals surface area contributed by atoms with Gasteiger partial charge < -0.3 is 25.3 Å². The molecule has 2 aromatic heterocycles. The second-order valence-electron chi connectivity index (χ2n) is 4.73. The molecule has 0 saturated heterocycles. The van der Waals surface area contributed by atoms with E-state index in [9.17, 15) is 0 Å². The summed E-state index contributed by atoms with van der Waals surface area (Å²) >= 11 is 0. The number of ether oxygens (including phenoxy) is 1. The molecular weight excluding hydrogens is 276 g/mol. The van der Waals surface area contributed by atoms with Gasteiger partial charge in [0.15, 0.2) is 11.7 Å². The Morgan fingerprint density at radius 3 is 2.86 bits per heavy atom. The van der Waals surface area contributed by atoms with Crippen LogP contribution in [0.5, 0.6) is 0 Å². The molecule has 0 fully saturated rings. The van der Waals surface area contributed by atoms with E-state index in [2.05, 4.69) is 15.3 Å². The highest BCUT2D eigenvalue weighted by Crippen LogP contribution is 2.31. The predicted octanol–water partition coefficient (Wildman–Crippen LogP) is -1.17. The SMILES string of the molecule is CN1N=C(N)c2cn(COC(CO)CO)c3cnnc1c23. The minimum absolute atomic E-state index is 0.157. The third-order valence-corrected chi connectivity index (χ3v) is 3.37. The number of hydrogen-bond acceptors (Lipinski definition) is 8. The Morgan fingerprint density at radius 1 is 1.38 bits per heavy atom. The molecule has 3 heterocycles. The highest BCUT2D eigenvalue weighted by atomic mass is 16.5. The van der Waals surface area contributed by atoms with Crippen molar-refractivity contribution in [2.45, 2.75) is 12.8 Å². The first-order valence-corrected chi connectivity index (χ1v) is 6.41.